The molecular formula is C19H18F4N6O2. The van der Waals surface area contributed by atoms with Crippen LogP contribution in [0.5, 0.6) is 0 Å². The number of H-pyrrole nitrogens is 1. The molecule has 3 aromatic rings. The van der Waals surface area contributed by atoms with Crippen molar-refractivity contribution in [2.45, 2.75) is 6.18 Å². The molecule has 3 heterocycles. The Kier molecular flexibility index (Phi) is 5.63. The summed E-state index contributed by atoms with van der Waals surface area (Å²) in [7, 11) is 0. The predicted octanol–water partition coefficient (Wildman–Crippen LogP) is 3.29. The van der Waals surface area contributed by atoms with Crippen molar-refractivity contribution in [1.29, 1.82) is 0 Å². The van der Waals surface area contributed by atoms with Gasteiger partial charge in [0.2, 0.25) is 5.95 Å². The Balaban J connectivity index is 1.54. The maximum Gasteiger partial charge on any atom is 0.405 e. The molecule has 0 aliphatic carbocycles. The average molecular weight is 438 g/mol. The first-order chi connectivity index (χ1) is 14.8. The van der Waals surface area contributed by atoms with Gasteiger partial charge in [0, 0.05) is 25.0 Å². The van der Waals surface area contributed by atoms with E-state index in [1.54, 1.807) is 6.07 Å². The number of morpholine rings is 1. The van der Waals surface area contributed by atoms with Crippen molar-refractivity contribution in [1.82, 2.24) is 19.9 Å². The number of benzene rings is 1. The Hall–Kier alpha value is -3.41. The van der Waals surface area contributed by atoms with E-state index >= 15 is 0 Å². The van der Waals surface area contributed by atoms with Gasteiger partial charge < -0.3 is 25.3 Å². The topological polar surface area (TPSA) is 95.2 Å². The van der Waals surface area contributed by atoms with Crippen LogP contribution in [0, 0.1) is 5.82 Å². The highest BCUT2D eigenvalue weighted by atomic mass is 19.4. The van der Waals surface area contributed by atoms with Gasteiger partial charge in [-0.3, -0.25) is 4.79 Å². The fourth-order valence-electron chi connectivity index (χ4n) is 3.15. The number of fused-ring (bicyclic) bond motifs is 1. The van der Waals surface area contributed by atoms with Gasteiger partial charge in [-0.05, 0) is 24.3 Å². The average Bonchev–Trinajstić information content (AvgIpc) is 3.20. The number of hydrogen-bond acceptors (Lipinski definition) is 6. The summed E-state index contributed by atoms with van der Waals surface area (Å²) >= 11 is 0. The summed E-state index contributed by atoms with van der Waals surface area (Å²) in [6.45, 7) is 0.301. The third-order valence-corrected chi connectivity index (χ3v) is 4.63. The number of nitrogens with one attached hydrogen (secondary N) is 3. The van der Waals surface area contributed by atoms with Crippen LogP contribution < -0.4 is 10.6 Å². The molecule has 1 aromatic carbocycles. The van der Waals surface area contributed by atoms with Crippen molar-refractivity contribution in [2.75, 3.05) is 43.5 Å². The lowest BCUT2D eigenvalue weighted by atomic mass is 10.1. The molecule has 0 atom stereocenters. The molecule has 12 heteroatoms. The summed E-state index contributed by atoms with van der Waals surface area (Å²) in [5, 5.41) is 5.38. The number of alkyl halides is 3. The van der Waals surface area contributed by atoms with Crippen molar-refractivity contribution in [2.24, 2.45) is 0 Å². The molecule has 1 fully saturated rings. The quantitative estimate of drug-likeness (QED) is 0.530. The zero-order chi connectivity index (χ0) is 22.0. The van der Waals surface area contributed by atoms with Crippen LogP contribution in [0.2, 0.25) is 0 Å². The Bertz CT molecular complexity index is 1090. The molecule has 4 rings (SSSR count). The third kappa shape index (κ3) is 4.85. The van der Waals surface area contributed by atoms with E-state index < -0.39 is 24.4 Å². The van der Waals surface area contributed by atoms with Gasteiger partial charge in [0.25, 0.3) is 5.91 Å². The number of aromatic amines is 1. The van der Waals surface area contributed by atoms with E-state index in [4.69, 9.17) is 4.74 Å². The number of nitrogens with zero attached hydrogens (tertiary/aromatic N) is 3. The molecule has 0 saturated carbocycles. The van der Waals surface area contributed by atoms with Crippen molar-refractivity contribution in [3.63, 3.8) is 0 Å². The summed E-state index contributed by atoms with van der Waals surface area (Å²) in [6.07, 6.45) is -2.90. The summed E-state index contributed by atoms with van der Waals surface area (Å²) in [5.41, 5.74) is 0.464. The molecule has 1 amide bonds. The van der Waals surface area contributed by atoms with Crippen molar-refractivity contribution in [3.8, 4) is 0 Å². The number of carbonyl (C=O) groups excluding carboxylic acids is 1. The standard InChI is InChI=1S/C19H18F4N6O2/c20-14-9-11(1-2-12(14)17(30)29-5-7-31-8-6-29)26-18-27-15-13(3-4-24-15)16(28-18)25-10-19(21,22)23/h1-4,9H,5-8,10H2,(H3,24,25,26,27,28). The van der Waals surface area contributed by atoms with Crippen LogP contribution in [0.1, 0.15) is 10.4 Å². The number of hydrogen-bond donors (Lipinski definition) is 3. The van der Waals surface area contributed by atoms with Gasteiger partial charge in [-0.25, -0.2) is 4.39 Å². The van der Waals surface area contributed by atoms with Crippen LogP contribution >= 0.6 is 0 Å². The van der Waals surface area contributed by atoms with Crippen molar-refractivity contribution < 1.29 is 27.1 Å². The smallest absolute Gasteiger partial charge is 0.378 e. The first kappa shape index (κ1) is 20.8. The Labute approximate surface area is 173 Å². The first-order valence-electron chi connectivity index (χ1n) is 9.39. The second kappa shape index (κ2) is 8.38. The number of aromatic nitrogens is 3. The van der Waals surface area contributed by atoms with E-state index in [9.17, 15) is 22.4 Å². The lowest BCUT2D eigenvalue weighted by molar-refractivity contribution is -0.115. The first-order valence-corrected chi connectivity index (χ1v) is 9.39. The van der Waals surface area contributed by atoms with Crippen LogP contribution in [0.3, 0.4) is 0 Å². The number of anilines is 3. The van der Waals surface area contributed by atoms with Gasteiger partial charge in [-0.1, -0.05) is 0 Å². The number of rotatable bonds is 5. The number of ether oxygens (including phenoxy) is 1. The minimum Gasteiger partial charge on any atom is -0.378 e. The fraction of sp³-hybridized carbons (Fsp3) is 0.316. The molecule has 164 valence electrons. The largest absolute Gasteiger partial charge is 0.405 e. The van der Waals surface area contributed by atoms with Crippen molar-refractivity contribution >= 4 is 34.4 Å². The molecular weight excluding hydrogens is 420 g/mol. The highest BCUT2D eigenvalue weighted by Crippen LogP contribution is 2.25. The molecule has 2 aromatic heterocycles. The highest BCUT2D eigenvalue weighted by Gasteiger charge is 2.27. The molecule has 1 aliphatic heterocycles. The fourth-order valence-corrected chi connectivity index (χ4v) is 3.15. The summed E-state index contributed by atoms with van der Waals surface area (Å²) in [4.78, 5) is 25.1. The Morgan fingerprint density at radius 1 is 1.19 bits per heavy atom. The maximum atomic E-state index is 14.6. The lowest BCUT2D eigenvalue weighted by Crippen LogP contribution is -2.41. The molecule has 1 saturated heterocycles. The van der Waals surface area contributed by atoms with Gasteiger partial charge >= 0.3 is 6.18 Å². The minimum atomic E-state index is -4.42. The molecule has 0 radical (unpaired) electrons. The molecule has 0 unspecified atom stereocenters. The number of carbonyl (C=O) groups is 1. The Morgan fingerprint density at radius 3 is 2.68 bits per heavy atom. The monoisotopic (exact) mass is 438 g/mol. The van der Waals surface area contributed by atoms with Crippen LogP contribution in [-0.4, -0.2) is 64.8 Å². The van der Waals surface area contributed by atoms with Crippen LogP contribution in [-0.2, 0) is 4.74 Å². The van der Waals surface area contributed by atoms with Crippen LogP contribution in [0.25, 0.3) is 11.0 Å². The summed E-state index contributed by atoms with van der Waals surface area (Å²) < 4.78 is 57.5. The normalized spacial score (nSPS) is 14.6. The molecule has 31 heavy (non-hydrogen) atoms. The Morgan fingerprint density at radius 2 is 1.97 bits per heavy atom. The SMILES string of the molecule is O=C(c1ccc(Nc2nc(NCC(F)(F)F)c3cc[nH]c3n2)cc1F)N1CCOCC1. The summed E-state index contributed by atoms with van der Waals surface area (Å²) in [5.74, 6) is -1.23. The predicted molar refractivity (Wildman–Crippen MR) is 105 cm³/mol. The second-order valence-corrected chi connectivity index (χ2v) is 6.83. The summed E-state index contributed by atoms with van der Waals surface area (Å²) in [6, 6.07) is 5.47. The lowest BCUT2D eigenvalue weighted by Gasteiger charge is -2.27. The van der Waals surface area contributed by atoms with Gasteiger partial charge in [-0.15, -0.1) is 0 Å². The van der Waals surface area contributed by atoms with Gasteiger partial charge in [-0.2, -0.15) is 23.1 Å². The van der Waals surface area contributed by atoms with E-state index in [2.05, 4.69) is 25.6 Å². The van der Waals surface area contributed by atoms with E-state index in [1.807, 2.05) is 0 Å². The van der Waals surface area contributed by atoms with E-state index in [0.717, 1.165) is 6.07 Å². The molecule has 8 nitrogen and oxygen atoms in total. The van der Waals surface area contributed by atoms with Gasteiger partial charge in [0.05, 0.1) is 24.2 Å². The van der Waals surface area contributed by atoms with Crippen molar-refractivity contribution in [3.05, 3.63) is 41.8 Å². The molecule has 1 aliphatic rings. The molecule has 3 N–H and O–H groups in total. The zero-order valence-electron chi connectivity index (χ0n) is 16.1. The van der Waals surface area contributed by atoms with Gasteiger partial charge in [0.15, 0.2) is 0 Å². The zero-order valence-corrected chi connectivity index (χ0v) is 16.1. The molecule has 0 spiro atoms. The van der Waals surface area contributed by atoms with E-state index in [-0.39, 0.29) is 23.0 Å². The van der Waals surface area contributed by atoms with Crippen LogP contribution in [0.4, 0.5) is 35.0 Å². The number of halogens is 4. The minimum absolute atomic E-state index is 0.0225. The maximum absolute atomic E-state index is 14.6. The highest BCUT2D eigenvalue weighted by molar-refractivity contribution is 5.95. The second-order valence-electron chi connectivity index (χ2n) is 6.83. The van der Waals surface area contributed by atoms with E-state index in [0.29, 0.717) is 37.3 Å². The van der Waals surface area contributed by atoms with Gasteiger partial charge in [0.1, 0.15) is 23.8 Å². The molecule has 0 bridgehead atoms. The van der Waals surface area contributed by atoms with E-state index in [1.165, 1.54) is 23.2 Å². The van der Waals surface area contributed by atoms with Crippen LogP contribution in [0.15, 0.2) is 30.5 Å². The number of amides is 1. The third-order valence-electron chi connectivity index (χ3n) is 4.63.